The highest BCUT2D eigenvalue weighted by molar-refractivity contribution is 6.99. The molecule has 0 amide bonds. The van der Waals surface area contributed by atoms with Crippen LogP contribution in [0.1, 0.15) is 27.7 Å². The molecule has 2 aromatic carbocycles. The highest BCUT2D eigenvalue weighted by atomic mass is 28.4. The standard InChI is InChI=1S/C23H30O4Si/c1-16-19-15-25-22(26-19)21(20(16)24)27-28(23(2,3)4,17-11-7-5-8-12-17)18-13-9-6-10-14-18/h5-14,16,19-22,24H,15H2,1-4H3/t16?,19-,20+,21?,22-/m1/s1. The Kier molecular flexibility index (Phi) is 5.23. The Hall–Kier alpha value is -1.50. The first-order valence-corrected chi connectivity index (χ1v) is 12.0. The lowest BCUT2D eigenvalue weighted by atomic mass is 9.93. The Morgan fingerprint density at radius 3 is 2.00 bits per heavy atom. The van der Waals surface area contributed by atoms with Crippen molar-refractivity contribution in [2.75, 3.05) is 6.61 Å². The maximum absolute atomic E-state index is 11.1. The zero-order chi connectivity index (χ0) is 19.9. The molecule has 2 aliphatic rings. The number of hydrogen-bond donors (Lipinski definition) is 1. The van der Waals surface area contributed by atoms with Crippen LogP contribution in [0.15, 0.2) is 60.7 Å². The van der Waals surface area contributed by atoms with Crippen molar-refractivity contribution in [2.45, 2.75) is 57.3 Å². The summed E-state index contributed by atoms with van der Waals surface area (Å²) in [5.41, 5.74) is 0. The van der Waals surface area contributed by atoms with Crippen molar-refractivity contribution in [1.29, 1.82) is 0 Å². The fourth-order valence-electron chi connectivity index (χ4n) is 4.59. The summed E-state index contributed by atoms with van der Waals surface area (Å²) in [6.45, 7) is 9.23. The zero-order valence-electron chi connectivity index (χ0n) is 17.0. The summed E-state index contributed by atoms with van der Waals surface area (Å²) in [5.74, 6) is -0.0260. The van der Waals surface area contributed by atoms with Gasteiger partial charge in [0.05, 0.1) is 18.8 Å². The summed E-state index contributed by atoms with van der Waals surface area (Å²) >= 11 is 0. The summed E-state index contributed by atoms with van der Waals surface area (Å²) in [6, 6.07) is 20.9. The fraction of sp³-hybridized carbons (Fsp3) is 0.478. The second kappa shape index (κ2) is 7.39. The van der Waals surface area contributed by atoms with Crippen LogP contribution in [-0.2, 0) is 13.9 Å². The molecule has 0 radical (unpaired) electrons. The summed E-state index contributed by atoms with van der Waals surface area (Å²) in [5, 5.41) is 13.3. The number of rotatable bonds is 4. The Labute approximate surface area is 168 Å². The van der Waals surface area contributed by atoms with E-state index in [0.717, 1.165) is 0 Å². The van der Waals surface area contributed by atoms with Gasteiger partial charge in [-0.2, -0.15) is 0 Å². The molecule has 4 nitrogen and oxygen atoms in total. The van der Waals surface area contributed by atoms with Gasteiger partial charge in [0.15, 0.2) is 6.29 Å². The van der Waals surface area contributed by atoms with E-state index in [4.69, 9.17) is 13.9 Å². The van der Waals surface area contributed by atoms with Gasteiger partial charge in [0.25, 0.3) is 8.32 Å². The van der Waals surface area contributed by atoms with Gasteiger partial charge >= 0.3 is 0 Å². The quantitative estimate of drug-likeness (QED) is 0.805. The van der Waals surface area contributed by atoms with Crippen LogP contribution in [0, 0.1) is 5.92 Å². The molecule has 0 aromatic heterocycles. The molecule has 2 aromatic rings. The lowest BCUT2D eigenvalue weighted by Crippen LogP contribution is -2.70. The predicted molar refractivity (Wildman–Crippen MR) is 112 cm³/mol. The maximum atomic E-state index is 11.1. The summed E-state index contributed by atoms with van der Waals surface area (Å²) in [4.78, 5) is 0. The van der Waals surface area contributed by atoms with Crippen LogP contribution < -0.4 is 10.4 Å². The van der Waals surface area contributed by atoms with Crippen LogP contribution in [-0.4, -0.2) is 44.6 Å². The third-order valence-corrected chi connectivity index (χ3v) is 11.2. The Morgan fingerprint density at radius 1 is 0.964 bits per heavy atom. The van der Waals surface area contributed by atoms with E-state index in [0.29, 0.717) is 6.61 Å². The number of hydrogen-bond acceptors (Lipinski definition) is 4. The third kappa shape index (κ3) is 3.15. The van der Waals surface area contributed by atoms with Crippen LogP contribution >= 0.6 is 0 Å². The van der Waals surface area contributed by atoms with Crippen LogP contribution in [0.5, 0.6) is 0 Å². The topological polar surface area (TPSA) is 47.9 Å². The monoisotopic (exact) mass is 398 g/mol. The van der Waals surface area contributed by atoms with Crippen molar-refractivity contribution in [2.24, 2.45) is 5.92 Å². The van der Waals surface area contributed by atoms with E-state index in [9.17, 15) is 5.11 Å². The molecule has 2 aliphatic heterocycles. The van der Waals surface area contributed by atoms with Crippen molar-refractivity contribution in [3.05, 3.63) is 60.7 Å². The van der Waals surface area contributed by atoms with E-state index in [-0.39, 0.29) is 17.1 Å². The summed E-state index contributed by atoms with van der Waals surface area (Å²) in [6.07, 6.45) is -1.70. The highest BCUT2D eigenvalue weighted by Crippen LogP contribution is 2.41. The second-order valence-electron chi connectivity index (χ2n) is 8.97. The average molecular weight is 399 g/mol. The largest absolute Gasteiger partial charge is 0.397 e. The minimum Gasteiger partial charge on any atom is -0.397 e. The van der Waals surface area contributed by atoms with Gasteiger partial charge in [0, 0.05) is 5.92 Å². The number of aliphatic hydroxyl groups excluding tert-OH is 1. The van der Waals surface area contributed by atoms with Crippen LogP contribution in [0.3, 0.4) is 0 Å². The molecule has 2 fully saturated rings. The van der Waals surface area contributed by atoms with E-state index >= 15 is 0 Å². The maximum Gasteiger partial charge on any atom is 0.261 e. The van der Waals surface area contributed by atoms with Gasteiger partial charge in [-0.3, -0.25) is 0 Å². The molecule has 4 rings (SSSR count). The van der Waals surface area contributed by atoms with Crippen LogP contribution in [0.4, 0.5) is 0 Å². The molecule has 0 spiro atoms. The summed E-state index contributed by atoms with van der Waals surface area (Å²) in [7, 11) is -2.77. The van der Waals surface area contributed by atoms with Crippen molar-refractivity contribution < 1.29 is 19.0 Å². The van der Waals surface area contributed by atoms with Crippen molar-refractivity contribution in [3.8, 4) is 0 Å². The first-order valence-electron chi connectivity index (χ1n) is 10.1. The minimum atomic E-state index is -2.77. The number of ether oxygens (including phenoxy) is 2. The van der Waals surface area contributed by atoms with Gasteiger partial charge in [0.2, 0.25) is 0 Å². The van der Waals surface area contributed by atoms with Crippen LogP contribution in [0.2, 0.25) is 5.04 Å². The molecule has 0 aliphatic carbocycles. The lowest BCUT2D eigenvalue weighted by molar-refractivity contribution is -0.204. The first-order chi connectivity index (χ1) is 13.3. The molecule has 2 heterocycles. The van der Waals surface area contributed by atoms with Gasteiger partial charge in [0.1, 0.15) is 6.10 Å². The van der Waals surface area contributed by atoms with Gasteiger partial charge in [-0.25, -0.2) is 0 Å². The van der Waals surface area contributed by atoms with Crippen molar-refractivity contribution in [3.63, 3.8) is 0 Å². The smallest absolute Gasteiger partial charge is 0.261 e. The normalized spacial score (nSPS) is 30.4. The van der Waals surface area contributed by atoms with Crippen molar-refractivity contribution in [1.82, 2.24) is 0 Å². The molecule has 2 unspecified atom stereocenters. The van der Waals surface area contributed by atoms with E-state index < -0.39 is 26.8 Å². The lowest BCUT2D eigenvalue weighted by Gasteiger charge is -2.48. The summed E-state index contributed by atoms with van der Waals surface area (Å²) < 4.78 is 19.0. The Balaban J connectivity index is 1.86. The molecule has 1 N–H and O–H groups in total. The molecule has 2 bridgehead atoms. The molecular weight excluding hydrogens is 368 g/mol. The highest BCUT2D eigenvalue weighted by Gasteiger charge is 2.57. The van der Waals surface area contributed by atoms with Gasteiger partial charge in [-0.1, -0.05) is 88.4 Å². The molecule has 150 valence electrons. The molecule has 0 saturated carbocycles. The molecule has 5 heteroatoms. The van der Waals surface area contributed by atoms with Crippen LogP contribution in [0.25, 0.3) is 0 Å². The SMILES string of the molecule is CC1[C@H](O)C(O[Si](c2ccccc2)(c2ccccc2)C(C)(C)C)[C@@H]2OC[C@H]1O2. The molecule has 2 saturated heterocycles. The minimum absolute atomic E-state index is 0.0260. The Morgan fingerprint density at radius 2 is 1.50 bits per heavy atom. The fourth-order valence-corrected chi connectivity index (χ4v) is 9.26. The third-order valence-electron chi connectivity index (χ3n) is 6.19. The van der Waals surface area contributed by atoms with E-state index in [1.807, 2.05) is 19.1 Å². The van der Waals surface area contributed by atoms with Gasteiger partial charge < -0.3 is 19.0 Å². The molecule has 5 atom stereocenters. The molecular formula is C23H30O4Si. The number of fused-ring (bicyclic) bond motifs is 2. The van der Waals surface area contributed by atoms with Gasteiger partial charge in [-0.15, -0.1) is 0 Å². The average Bonchev–Trinajstić information content (AvgIpc) is 3.14. The predicted octanol–water partition coefficient (Wildman–Crippen LogP) is 2.68. The van der Waals surface area contributed by atoms with Crippen molar-refractivity contribution >= 4 is 18.7 Å². The first kappa shape index (κ1) is 19.8. The number of aliphatic hydroxyl groups is 1. The van der Waals surface area contributed by atoms with E-state index in [1.165, 1.54) is 10.4 Å². The second-order valence-corrected chi connectivity index (χ2v) is 13.2. The molecule has 28 heavy (non-hydrogen) atoms. The number of benzene rings is 2. The Bertz CT molecular complexity index is 750. The zero-order valence-corrected chi connectivity index (χ0v) is 18.0. The van der Waals surface area contributed by atoms with E-state index in [2.05, 4.69) is 69.3 Å². The van der Waals surface area contributed by atoms with Gasteiger partial charge in [-0.05, 0) is 15.4 Å². The van der Waals surface area contributed by atoms with E-state index in [1.54, 1.807) is 0 Å².